The van der Waals surface area contributed by atoms with E-state index in [1.165, 1.54) is 11.8 Å². The molecule has 2 aliphatic rings. The summed E-state index contributed by atoms with van der Waals surface area (Å²) >= 11 is 7.83. The van der Waals surface area contributed by atoms with Crippen molar-refractivity contribution in [2.75, 3.05) is 39.3 Å². The van der Waals surface area contributed by atoms with Crippen LogP contribution >= 0.6 is 22.9 Å². The predicted molar refractivity (Wildman–Crippen MR) is 270 cm³/mol. The molecule has 378 valence electrons. The normalized spacial score (nSPS) is 17.2. The summed E-state index contributed by atoms with van der Waals surface area (Å²) < 4.78 is 11.1. The van der Waals surface area contributed by atoms with E-state index in [1.807, 2.05) is 106 Å². The number of nitrogens with one attached hydrogen (secondary N) is 2. The Kier molecular flexibility index (Phi) is 17.6. The standard InChI is InChI=1S/C52H63ClN8O9S/c1-33-47(71-32-55-33)38-14-12-35(13-15-38)30-54-49(64)42-29-40(62)31-60(42)51(66)48(52(3,4)5)56-43(63)11-9-7-6-8-10-28-69-41-22-18-37(19-23-41)46(36-16-20-39(53)21-17-36)58-24-26-59(27-25-58)50(65)44-45(61(67)68)34(2)70-57-44/h12-23,32,40,42,46,48,62H,6-11,24-31H2,1-5H3,(H,54,64)(H,56,63)/t40-,42+,46?,48-/m1/s1. The van der Waals surface area contributed by atoms with Gasteiger partial charge in [-0.3, -0.25) is 34.2 Å². The molecule has 3 N–H and O–H groups in total. The van der Waals surface area contributed by atoms with E-state index in [0.717, 1.165) is 64.3 Å². The Morgan fingerprint density at radius 3 is 2.21 bits per heavy atom. The number of aliphatic hydroxyl groups excluding tert-OH is 1. The highest BCUT2D eigenvalue weighted by molar-refractivity contribution is 7.13. The van der Waals surface area contributed by atoms with Gasteiger partial charge in [-0.2, -0.15) is 0 Å². The summed E-state index contributed by atoms with van der Waals surface area (Å²) in [6.45, 7) is 11.5. The number of benzene rings is 3. The number of halogens is 1. The first-order valence-electron chi connectivity index (χ1n) is 24.2. The smallest absolute Gasteiger partial charge is 0.344 e. The van der Waals surface area contributed by atoms with Crippen LogP contribution in [0.5, 0.6) is 5.75 Å². The first-order valence-corrected chi connectivity index (χ1v) is 25.4. The number of aliphatic hydroxyl groups is 1. The molecule has 19 heteroatoms. The summed E-state index contributed by atoms with van der Waals surface area (Å²) in [6.07, 6.45) is 3.66. The number of likely N-dealkylation sites (tertiary alicyclic amines) is 1. The van der Waals surface area contributed by atoms with Gasteiger partial charge >= 0.3 is 5.69 Å². The minimum absolute atomic E-state index is 0.0110. The number of amides is 4. The zero-order chi connectivity index (χ0) is 50.8. The third kappa shape index (κ3) is 13.4. The molecule has 2 aliphatic heterocycles. The van der Waals surface area contributed by atoms with Crippen molar-refractivity contribution >= 4 is 52.3 Å². The van der Waals surface area contributed by atoms with Crippen molar-refractivity contribution < 1.29 is 38.5 Å². The number of carbonyl (C=O) groups is 4. The number of nitrogens with zero attached hydrogens (tertiary/aromatic N) is 6. The van der Waals surface area contributed by atoms with Gasteiger partial charge in [0.2, 0.25) is 29.2 Å². The van der Waals surface area contributed by atoms with E-state index in [4.69, 9.17) is 20.9 Å². The molecule has 5 aromatic rings. The van der Waals surface area contributed by atoms with E-state index in [0.29, 0.717) is 44.2 Å². The van der Waals surface area contributed by atoms with E-state index in [-0.39, 0.29) is 61.1 Å². The van der Waals surface area contributed by atoms with Gasteiger partial charge in [0.25, 0.3) is 5.91 Å². The Balaban J connectivity index is 0.828. The number of hydrogen-bond acceptors (Lipinski definition) is 13. The Morgan fingerprint density at radius 2 is 1.58 bits per heavy atom. The van der Waals surface area contributed by atoms with Crippen LogP contribution in [-0.2, 0) is 20.9 Å². The van der Waals surface area contributed by atoms with Crippen LogP contribution in [0, 0.1) is 29.4 Å². The number of ether oxygens (including phenoxy) is 1. The number of piperazine rings is 1. The number of β-amino-alcohol motifs (C(OH)–C–C–N with tert-alkyl or cyclic N) is 1. The van der Waals surface area contributed by atoms with Gasteiger partial charge in [-0.1, -0.05) is 105 Å². The molecule has 1 unspecified atom stereocenters. The molecule has 0 saturated carbocycles. The monoisotopic (exact) mass is 1010 g/mol. The molecule has 2 fully saturated rings. The molecule has 2 saturated heterocycles. The van der Waals surface area contributed by atoms with Gasteiger partial charge < -0.3 is 34.8 Å². The second-order valence-corrected chi connectivity index (χ2v) is 20.6. The van der Waals surface area contributed by atoms with Crippen molar-refractivity contribution in [2.24, 2.45) is 5.41 Å². The van der Waals surface area contributed by atoms with Crippen LogP contribution in [-0.4, -0.2) is 116 Å². The molecular weight excluding hydrogens is 948 g/mol. The minimum Gasteiger partial charge on any atom is -0.494 e. The lowest BCUT2D eigenvalue weighted by Crippen LogP contribution is -2.57. The lowest BCUT2D eigenvalue weighted by Gasteiger charge is -2.39. The van der Waals surface area contributed by atoms with Crippen LogP contribution < -0.4 is 15.4 Å². The van der Waals surface area contributed by atoms with Gasteiger partial charge in [-0.15, -0.1) is 11.3 Å². The zero-order valence-corrected chi connectivity index (χ0v) is 42.5. The molecule has 71 heavy (non-hydrogen) atoms. The van der Waals surface area contributed by atoms with Crippen LogP contribution in [0.4, 0.5) is 5.69 Å². The van der Waals surface area contributed by atoms with Crippen molar-refractivity contribution in [3.05, 3.63) is 127 Å². The predicted octanol–water partition coefficient (Wildman–Crippen LogP) is 8.05. The number of carbonyl (C=O) groups excluding carboxylic acids is 4. The van der Waals surface area contributed by atoms with Gasteiger partial charge in [0.15, 0.2) is 0 Å². The number of thiazole rings is 1. The molecule has 4 amide bonds. The lowest BCUT2D eigenvalue weighted by molar-refractivity contribution is -0.386. The number of hydrogen-bond donors (Lipinski definition) is 3. The molecule has 0 bridgehead atoms. The van der Waals surface area contributed by atoms with Crippen molar-refractivity contribution in [1.82, 2.24) is 35.5 Å². The molecular formula is C52H63ClN8O9S. The van der Waals surface area contributed by atoms with Gasteiger partial charge in [0.1, 0.15) is 17.8 Å². The molecule has 17 nitrogen and oxygen atoms in total. The van der Waals surface area contributed by atoms with Crippen LogP contribution in [0.1, 0.15) is 110 Å². The number of aromatic nitrogens is 2. The van der Waals surface area contributed by atoms with Crippen LogP contribution in [0.2, 0.25) is 5.02 Å². The highest BCUT2D eigenvalue weighted by atomic mass is 35.5. The van der Waals surface area contributed by atoms with Gasteiger partial charge in [-0.05, 0) is 71.7 Å². The Labute approximate surface area is 423 Å². The van der Waals surface area contributed by atoms with Crippen LogP contribution in [0.25, 0.3) is 10.4 Å². The van der Waals surface area contributed by atoms with E-state index in [1.54, 1.807) is 16.2 Å². The molecule has 4 heterocycles. The minimum atomic E-state index is -0.883. The zero-order valence-electron chi connectivity index (χ0n) is 40.9. The first-order chi connectivity index (χ1) is 34.0. The van der Waals surface area contributed by atoms with E-state index in [2.05, 4.69) is 25.7 Å². The summed E-state index contributed by atoms with van der Waals surface area (Å²) in [7, 11) is 0. The van der Waals surface area contributed by atoms with Crippen LogP contribution in [0.15, 0.2) is 82.8 Å². The second kappa shape index (κ2) is 23.8. The third-order valence-corrected chi connectivity index (χ3v) is 14.3. The van der Waals surface area contributed by atoms with Crippen molar-refractivity contribution in [3.63, 3.8) is 0 Å². The maximum absolute atomic E-state index is 14.1. The number of aryl methyl sites for hydroxylation is 2. The van der Waals surface area contributed by atoms with E-state index >= 15 is 0 Å². The molecule has 3 aromatic carbocycles. The van der Waals surface area contributed by atoms with Crippen molar-refractivity contribution in [3.8, 4) is 16.2 Å². The van der Waals surface area contributed by atoms with Crippen molar-refractivity contribution in [1.29, 1.82) is 0 Å². The first kappa shape index (κ1) is 52.6. The summed E-state index contributed by atoms with van der Waals surface area (Å²) in [6, 6.07) is 21.7. The molecule has 2 aromatic heterocycles. The number of nitro groups is 1. The summed E-state index contributed by atoms with van der Waals surface area (Å²) in [4.78, 5) is 75.6. The van der Waals surface area contributed by atoms with Gasteiger partial charge in [0, 0.05) is 64.1 Å². The second-order valence-electron chi connectivity index (χ2n) is 19.4. The van der Waals surface area contributed by atoms with Crippen molar-refractivity contribution in [2.45, 2.75) is 110 Å². The highest BCUT2D eigenvalue weighted by Crippen LogP contribution is 2.33. The Morgan fingerprint density at radius 1 is 0.930 bits per heavy atom. The fraction of sp³-hybridized carbons (Fsp3) is 0.462. The van der Waals surface area contributed by atoms with E-state index in [9.17, 15) is 34.4 Å². The average Bonchev–Trinajstić information content (AvgIpc) is 4.09. The molecule has 0 spiro atoms. The largest absolute Gasteiger partial charge is 0.494 e. The third-order valence-electron chi connectivity index (χ3n) is 13.1. The maximum Gasteiger partial charge on any atom is 0.344 e. The highest BCUT2D eigenvalue weighted by Gasteiger charge is 2.44. The topological polar surface area (TPSA) is 214 Å². The SMILES string of the molecule is Cc1ncsc1-c1ccc(CNC(=O)[C@@H]2C[C@@H](O)CN2C(=O)[C@@H](NC(=O)CCCCCCCOc2ccc(C(c3ccc(Cl)cc3)N3CCN(C(=O)c4noc(C)c4[N+](=O)[O-])CC3)cc2)C(C)(C)C)cc1. The fourth-order valence-electron chi connectivity index (χ4n) is 9.18. The number of rotatable bonds is 20. The summed E-state index contributed by atoms with van der Waals surface area (Å²) in [5, 5.41) is 32.4. The average molecular weight is 1010 g/mol. The summed E-state index contributed by atoms with van der Waals surface area (Å²) in [5.41, 5.74) is 5.45. The van der Waals surface area contributed by atoms with Crippen LogP contribution in [0.3, 0.4) is 0 Å². The molecule has 7 rings (SSSR count). The fourth-order valence-corrected chi connectivity index (χ4v) is 10.1. The number of unbranched alkanes of at least 4 members (excludes halogenated alkanes) is 4. The molecule has 0 aliphatic carbocycles. The quantitative estimate of drug-likeness (QED) is 0.0384. The molecule has 4 atom stereocenters. The van der Waals surface area contributed by atoms with Gasteiger partial charge in [-0.25, -0.2) is 4.98 Å². The van der Waals surface area contributed by atoms with E-state index < -0.39 is 40.1 Å². The summed E-state index contributed by atoms with van der Waals surface area (Å²) in [5.74, 6) is -0.769. The van der Waals surface area contributed by atoms with Gasteiger partial charge in [0.05, 0.1) is 39.8 Å². The lowest BCUT2D eigenvalue weighted by atomic mass is 9.85. The molecule has 0 radical (unpaired) electrons. The Bertz CT molecular complexity index is 2630. The maximum atomic E-state index is 14.1. The Hall–Kier alpha value is -6.21.